The molecular weight excluding hydrogens is 776 g/mol. The van der Waals surface area contributed by atoms with Crippen LogP contribution < -0.4 is 10.2 Å². The molecule has 0 aromatic heterocycles. The Labute approximate surface area is 347 Å². The lowest BCUT2D eigenvalue weighted by molar-refractivity contribution is -0.106. The Balaban J connectivity index is 1.01. The van der Waals surface area contributed by atoms with Crippen LogP contribution in [0.2, 0.25) is 5.02 Å². The highest BCUT2D eigenvalue weighted by Gasteiger charge is 2.28. The van der Waals surface area contributed by atoms with E-state index in [1.807, 2.05) is 55.5 Å². The van der Waals surface area contributed by atoms with Crippen LogP contribution in [0.1, 0.15) is 31.8 Å². The fraction of sp³-hybridized carbons (Fsp3) is 0.0208. The predicted molar refractivity (Wildman–Crippen MR) is 234 cm³/mol. The summed E-state index contributed by atoms with van der Waals surface area (Å²) in [4.78, 5) is 41.0. The first-order valence-electron chi connectivity index (χ1n) is 18.7. The van der Waals surface area contributed by atoms with Crippen molar-refractivity contribution < 1.29 is 24.6 Å². The second-order valence-corrected chi connectivity index (χ2v) is 14.5. The molecule has 1 aliphatic rings. The lowest BCUT2D eigenvalue weighted by atomic mass is 10.0. The van der Waals surface area contributed by atoms with E-state index in [1.165, 1.54) is 4.90 Å². The molecule has 11 nitrogen and oxygen atoms in total. The molecule has 0 unspecified atom stereocenters. The highest BCUT2D eigenvalue weighted by atomic mass is 35.5. The van der Waals surface area contributed by atoms with Gasteiger partial charge >= 0.3 is 0 Å². The average Bonchev–Trinajstić information content (AvgIpc) is 3.53. The summed E-state index contributed by atoms with van der Waals surface area (Å²) < 4.78 is 0. The van der Waals surface area contributed by atoms with E-state index < -0.39 is 5.91 Å². The molecule has 0 spiro atoms. The number of para-hydroxylation sites is 1. The minimum atomic E-state index is -0.580. The molecule has 0 saturated carbocycles. The number of azo groups is 2. The normalized spacial score (nSPS) is 12.0. The number of fused-ring (bicyclic) bond motifs is 5. The fourth-order valence-corrected chi connectivity index (χ4v) is 7.54. The molecule has 0 saturated heterocycles. The zero-order valence-electron chi connectivity index (χ0n) is 31.7. The van der Waals surface area contributed by atoms with Gasteiger partial charge in [0.1, 0.15) is 11.4 Å². The number of carbonyl (C=O) groups excluding carboxylic acids is 3. The molecule has 9 rings (SSSR count). The van der Waals surface area contributed by atoms with Crippen LogP contribution in [-0.2, 0) is 4.79 Å². The molecule has 290 valence electrons. The number of hydrogen-bond acceptors (Lipinski definition) is 9. The SMILES string of the molecule is Cc1cccc(N(C=O)c2cc3ccccc3c(N=Nc3ccc4c(c3)C(=O)c3cc(N=Nc5c(O)c(C(=O)Nc6ccccc6Cl)cc6ccccc56)ccc3-4)c2O)c1. The summed E-state index contributed by atoms with van der Waals surface area (Å²) in [5.74, 6) is -1.43. The molecule has 0 radical (unpaired) electrons. The van der Waals surface area contributed by atoms with Gasteiger partial charge in [-0.15, -0.1) is 10.2 Å². The molecule has 0 heterocycles. The molecule has 1 aliphatic carbocycles. The summed E-state index contributed by atoms with van der Waals surface area (Å²) in [6, 6.07) is 42.2. The molecule has 2 amide bonds. The Morgan fingerprint density at radius 3 is 1.83 bits per heavy atom. The summed E-state index contributed by atoms with van der Waals surface area (Å²) in [5, 5.41) is 46.3. The molecular formula is C48H31ClN6O5. The number of nitrogens with one attached hydrogen (secondary N) is 1. The Morgan fingerprint density at radius 1 is 0.633 bits per heavy atom. The van der Waals surface area contributed by atoms with E-state index in [4.69, 9.17) is 11.6 Å². The number of aromatic hydroxyl groups is 2. The lowest BCUT2D eigenvalue weighted by Gasteiger charge is -2.21. The number of halogens is 1. The highest BCUT2D eigenvalue weighted by molar-refractivity contribution is 6.34. The van der Waals surface area contributed by atoms with Gasteiger partial charge in [-0.1, -0.05) is 96.5 Å². The van der Waals surface area contributed by atoms with E-state index in [9.17, 15) is 24.6 Å². The first-order valence-corrected chi connectivity index (χ1v) is 19.1. The Bertz CT molecular complexity index is 3160. The molecule has 12 heteroatoms. The summed E-state index contributed by atoms with van der Waals surface area (Å²) >= 11 is 6.26. The van der Waals surface area contributed by atoms with Gasteiger partial charge in [0, 0.05) is 27.6 Å². The average molecular weight is 807 g/mol. The zero-order chi connectivity index (χ0) is 41.5. The van der Waals surface area contributed by atoms with Crippen LogP contribution in [0, 0.1) is 6.92 Å². The second-order valence-electron chi connectivity index (χ2n) is 14.1. The van der Waals surface area contributed by atoms with Crippen LogP contribution in [0.15, 0.2) is 166 Å². The van der Waals surface area contributed by atoms with Gasteiger partial charge < -0.3 is 15.5 Å². The molecule has 8 aromatic carbocycles. The predicted octanol–water partition coefficient (Wildman–Crippen LogP) is 13.0. The fourth-order valence-electron chi connectivity index (χ4n) is 7.36. The van der Waals surface area contributed by atoms with Crippen molar-refractivity contribution in [3.63, 3.8) is 0 Å². The van der Waals surface area contributed by atoms with Crippen molar-refractivity contribution in [2.45, 2.75) is 6.92 Å². The topological polar surface area (TPSA) is 156 Å². The molecule has 8 aromatic rings. The van der Waals surface area contributed by atoms with Crippen molar-refractivity contribution in [3.8, 4) is 22.6 Å². The summed E-state index contributed by atoms with van der Waals surface area (Å²) in [5.41, 5.74) is 5.32. The third-order valence-corrected chi connectivity index (χ3v) is 10.6. The van der Waals surface area contributed by atoms with Crippen molar-refractivity contribution >= 4 is 91.1 Å². The minimum absolute atomic E-state index is 0.0172. The van der Waals surface area contributed by atoms with Crippen molar-refractivity contribution in [2.24, 2.45) is 20.5 Å². The van der Waals surface area contributed by atoms with E-state index in [0.717, 1.165) is 10.9 Å². The number of ketones is 1. The molecule has 60 heavy (non-hydrogen) atoms. The van der Waals surface area contributed by atoms with E-state index in [-0.39, 0.29) is 39.9 Å². The smallest absolute Gasteiger partial charge is 0.259 e. The van der Waals surface area contributed by atoms with Crippen molar-refractivity contribution in [1.82, 2.24) is 0 Å². The van der Waals surface area contributed by atoms with Crippen molar-refractivity contribution in [1.29, 1.82) is 0 Å². The van der Waals surface area contributed by atoms with E-state index in [2.05, 4.69) is 25.8 Å². The number of aryl methyl sites for hydroxylation is 1. The Morgan fingerprint density at radius 2 is 1.22 bits per heavy atom. The van der Waals surface area contributed by atoms with Gasteiger partial charge in [0.2, 0.25) is 6.41 Å². The molecule has 0 bridgehead atoms. The van der Waals surface area contributed by atoms with Gasteiger partial charge in [-0.3, -0.25) is 19.3 Å². The zero-order valence-corrected chi connectivity index (χ0v) is 32.4. The quantitative estimate of drug-likeness (QED) is 0.0977. The first-order chi connectivity index (χ1) is 29.2. The molecule has 0 atom stereocenters. The minimum Gasteiger partial charge on any atom is -0.505 e. The van der Waals surface area contributed by atoms with E-state index in [1.54, 1.807) is 97.1 Å². The highest BCUT2D eigenvalue weighted by Crippen LogP contribution is 2.47. The maximum atomic E-state index is 13.9. The van der Waals surface area contributed by atoms with Gasteiger partial charge in [0.25, 0.3) is 5.91 Å². The Kier molecular flexibility index (Phi) is 9.63. The molecule has 0 aliphatic heterocycles. The first kappa shape index (κ1) is 37.6. The molecule has 3 N–H and O–H groups in total. The number of nitrogens with zero attached hydrogens (tertiary/aromatic N) is 5. The maximum absolute atomic E-state index is 13.9. The van der Waals surface area contributed by atoms with E-state index >= 15 is 0 Å². The maximum Gasteiger partial charge on any atom is 0.259 e. The number of benzene rings is 8. The van der Waals surface area contributed by atoms with Crippen LogP contribution in [0.25, 0.3) is 32.7 Å². The van der Waals surface area contributed by atoms with Gasteiger partial charge in [0.15, 0.2) is 17.3 Å². The third-order valence-electron chi connectivity index (χ3n) is 10.3. The van der Waals surface area contributed by atoms with Gasteiger partial charge in [0.05, 0.1) is 33.3 Å². The largest absolute Gasteiger partial charge is 0.505 e. The van der Waals surface area contributed by atoms with Crippen LogP contribution in [-0.4, -0.2) is 28.3 Å². The van der Waals surface area contributed by atoms with Crippen molar-refractivity contribution in [2.75, 3.05) is 10.2 Å². The number of amides is 2. The summed E-state index contributed by atoms with van der Waals surface area (Å²) in [6.45, 7) is 1.92. The number of rotatable bonds is 9. The number of anilines is 3. The number of hydrogen-bond donors (Lipinski definition) is 3. The Hall–Kier alpha value is -8.02. The lowest BCUT2D eigenvalue weighted by Crippen LogP contribution is -2.14. The van der Waals surface area contributed by atoms with Crippen LogP contribution in [0.4, 0.5) is 39.8 Å². The van der Waals surface area contributed by atoms with Gasteiger partial charge in [-0.2, -0.15) is 10.2 Å². The van der Waals surface area contributed by atoms with Crippen molar-refractivity contribution in [3.05, 3.63) is 173 Å². The monoisotopic (exact) mass is 806 g/mol. The van der Waals surface area contributed by atoms with Gasteiger partial charge in [-0.25, -0.2) is 0 Å². The standard InChI is InChI=1S/C48H31ClN6O5/c1-27-9-8-12-32(21-27)55(26-56)42-23-29-11-3-5-14-34(29)44(47(42)59)54-52-31-18-20-36-35-19-17-30(24-37(35)45(57)38(36)25-31)51-53-43-33-13-4-2-10-28(33)22-39(46(43)58)48(60)50-41-16-7-6-15-40(41)49/h2-26,58-59H,1H3,(H,50,60). The van der Waals surface area contributed by atoms with E-state index in [0.29, 0.717) is 72.6 Å². The number of phenols is 2. The summed E-state index contributed by atoms with van der Waals surface area (Å²) in [6.07, 6.45) is 0.643. The van der Waals surface area contributed by atoms with Gasteiger partial charge in [-0.05, 0) is 95.1 Å². The second kappa shape index (κ2) is 15.4. The van der Waals surface area contributed by atoms with Crippen LogP contribution in [0.5, 0.6) is 11.5 Å². The van der Waals surface area contributed by atoms with Crippen LogP contribution in [0.3, 0.4) is 0 Å². The number of phenolic OH excluding ortho intramolecular Hbond substituents is 2. The summed E-state index contributed by atoms with van der Waals surface area (Å²) in [7, 11) is 0. The van der Waals surface area contributed by atoms with Crippen LogP contribution >= 0.6 is 11.6 Å². The third kappa shape index (κ3) is 6.78. The molecule has 0 fully saturated rings. The number of carbonyl (C=O) groups is 3.